The van der Waals surface area contributed by atoms with Crippen molar-refractivity contribution in [3.05, 3.63) is 11.4 Å². The van der Waals surface area contributed by atoms with Crippen molar-refractivity contribution in [3.8, 4) is 0 Å². The van der Waals surface area contributed by atoms with Crippen molar-refractivity contribution in [1.29, 1.82) is 0 Å². The number of hydrogen-bond donors (Lipinski definition) is 2. The second-order valence-corrected chi connectivity index (χ2v) is 6.44. The predicted octanol–water partition coefficient (Wildman–Crippen LogP) is 3.04. The summed E-state index contributed by atoms with van der Waals surface area (Å²) in [4.78, 5) is 11.8. The number of anilines is 2. The Morgan fingerprint density at radius 2 is 2.05 bits per heavy atom. The van der Waals surface area contributed by atoms with E-state index < -0.39 is 0 Å². The van der Waals surface area contributed by atoms with Crippen LogP contribution in [0.2, 0.25) is 0 Å². The van der Waals surface area contributed by atoms with Gasteiger partial charge >= 0.3 is 0 Å². The lowest BCUT2D eigenvalue weighted by Crippen LogP contribution is -2.30. The van der Waals surface area contributed by atoms with Gasteiger partial charge in [-0.15, -0.1) is 0 Å². The van der Waals surface area contributed by atoms with Gasteiger partial charge < -0.3 is 10.3 Å². The van der Waals surface area contributed by atoms with Crippen molar-refractivity contribution in [3.63, 3.8) is 0 Å². The third-order valence-corrected chi connectivity index (χ3v) is 3.98. The van der Waals surface area contributed by atoms with Gasteiger partial charge in [0.05, 0.1) is 0 Å². The maximum Gasteiger partial charge on any atom is 0.148 e. The molecule has 1 aromatic heterocycles. The minimum atomic E-state index is 0.650. The molecule has 5 heteroatoms. The molecule has 21 heavy (non-hydrogen) atoms. The monoisotopic (exact) mass is 291 g/mol. The Kier molecular flexibility index (Phi) is 5.39. The highest BCUT2D eigenvalue weighted by Gasteiger charge is 2.31. The van der Waals surface area contributed by atoms with Crippen molar-refractivity contribution in [2.75, 3.05) is 16.9 Å². The zero-order chi connectivity index (χ0) is 15.4. The molecule has 0 amide bonds. The molecule has 1 aliphatic carbocycles. The molecule has 1 saturated carbocycles. The molecular weight excluding hydrogens is 262 g/mol. The summed E-state index contributed by atoms with van der Waals surface area (Å²) in [5.41, 5.74) is 3.80. The molecular formula is C16H29N5. The Morgan fingerprint density at radius 3 is 2.57 bits per heavy atom. The molecule has 0 spiro atoms. The van der Waals surface area contributed by atoms with Crippen LogP contribution < -0.4 is 16.2 Å². The zero-order valence-electron chi connectivity index (χ0n) is 13.8. The molecule has 0 saturated heterocycles. The van der Waals surface area contributed by atoms with Crippen LogP contribution >= 0.6 is 0 Å². The maximum absolute atomic E-state index is 5.64. The first-order chi connectivity index (χ1) is 10.1. The van der Waals surface area contributed by atoms with Crippen LogP contribution in [0.25, 0.3) is 0 Å². The summed E-state index contributed by atoms with van der Waals surface area (Å²) in [6.45, 7) is 9.82. The number of hydrazine groups is 1. The Balaban J connectivity index is 2.31. The van der Waals surface area contributed by atoms with Crippen LogP contribution in [0.15, 0.2) is 0 Å². The number of nitrogens with zero attached hydrogens (tertiary/aromatic N) is 3. The topological polar surface area (TPSA) is 67.1 Å². The number of nitrogens with two attached hydrogens (primary N) is 1. The summed E-state index contributed by atoms with van der Waals surface area (Å²) in [5.74, 6) is 9.07. The highest BCUT2D eigenvalue weighted by Crippen LogP contribution is 2.34. The standard InChI is InChI=1S/C16H29N5/c1-5-6-14-18-15(20-17)12(4)16(19-14)21(13-7-8-13)10-9-11(2)3/h11,13H,5-10,17H2,1-4H3,(H,18,19,20). The van der Waals surface area contributed by atoms with Crippen molar-refractivity contribution < 1.29 is 0 Å². The van der Waals surface area contributed by atoms with Crippen molar-refractivity contribution >= 4 is 11.6 Å². The fourth-order valence-electron chi connectivity index (χ4n) is 2.55. The molecule has 1 aliphatic rings. The quantitative estimate of drug-likeness (QED) is 0.569. The Bertz CT molecular complexity index is 468. The van der Waals surface area contributed by atoms with Crippen molar-refractivity contribution in [1.82, 2.24) is 9.97 Å². The van der Waals surface area contributed by atoms with E-state index in [1.165, 1.54) is 19.3 Å². The number of rotatable bonds is 8. The minimum Gasteiger partial charge on any atom is -0.353 e. The second kappa shape index (κ2) is 7.07. The molecule has 0 bridgehead atoms. The largest absolute Gasteiger partial charge is 0.353 e. The van der Waals surface area contributed by atoms with Crippen LogP contribution in [0.5, 0.6) is 0 Å². The smallest absolute Gasteiger partial charge is 0.148 e. The van der Waals surface area contributed by atoms with Crippen LogP contribution in [0.3, 0.4) is 0 Å². The first-order valence-electron chi connectivity index (χ1n) is 8.17. The van der Waals surface area contributed by atoms with Gasteiger partial charge in [-0.25, -0.2) is 15.8 Å². The summed E-state index contributed by atoms with van der Waals surface area (Å²) in [7, 11) is 0. The Hall–Kier alpha value is -1.36. The summed E-state index contributed by atoms with van der Waals surface area (Å²) in [6.07, 6.45) is 5.67. The first kappa shape index (κ1) is 16.0. The minimum absolute atomic E-state index is 0.650. The lowest BCUT2D eigenvalue weighted by Gasteiger charge is -2.27. The van der Waals surface area contributed by atoms with Crippen LogP contribution in [0, 0.1) is 12.8 Å². The van der Waals surface area contributed by atoms with E-state index in [-0.39, 0.29) is 0 Å². The number of nitrogens with one attached hydrogen (secondary N) is 1. The lowest BCUT2D eigenvalue weighted by atomic mass is 10.1. The van der Waals surface area contributed by atoms with Gasteiger partial charge in [0.1, 0.15) is 17.5 Å². The number of aryl methyl sites for hydroxylation is 1. The first-order valence-corrected chi connectivity index (χ1v) is 8.17. The van der Waals surface area contributed by atoms with Gasteiger partial charge in [0.15, 0.2) is 0 Å². The van der Waals surface area contributed by atoms with Crippen molar-refractivity contribution in [2.45, 2.75) is 65.8 Å². The molecule has 2 rings (SSSR count). The zero-order valence-corrected chi connectivity index (χ0v) is 13.8. The molecule has 3 N–H and O–H groups in total. The van der Waals surface area contributed by atoms with Gasteiger partial charge in [0.2, 0.25) is 0 Å². The SMILES string of the molecule is CCCc1nc(NN)c(C)c(N(CCC(C)C)C2CC2)n1. The van der Waals surface area contributed by atoms with Gasteiger partial charge in [-0.3, -0.25) is 0 Å². The summed E-state index contributed by atoms with van der Waals surface area (Å²) in [6, 6.07) is 0.650. The van der Waals surface area contributed by atoms with E-state index in [1.54, 1.807) is 0 Å². The lowest BCUT2D eigenvalue weighted by molar-refractivity contribution is 0.567. The van der Waals surface area contributed by atoms with E-state index in [9.17, 15) is 0 Å². The van der Waals surface area contributed by atoms with Crippen LogP contribution in [0.1, 0.15) is 57.8 Å². The van der Waals surface area contributed by atoms with E-state index >= 15 is 0 Å². The average Bonchev–Trinajstić information content (AvgIpc) is 3.26. The molecule has 118 valence electrons. The number of nitrogen functional groups attached to an aromatic ring is 1. The third kappa shape index (κ3) is 4.06. The Morgan fingerprint density at radius 1 is 1.33 bits per heavy atom. The van der Waals surface area contributed by atoms with Gasteiger partial charge in [0.25, 0.3) is 0 Å². The van der Waals surface area contributed by atoms with Gasteiger partial charge in [0, 0.05) is 24.6 Å². The molecule has 1 fully saturated rings. The fraction of sp³-hybridized carbons (Fsp3) is 0.750. The second-order valence-electron chi connectivity index (χ2n) is 6.44. The van der Waals surface area contributed by atoms with Gasteiger partial charge in [-0.05, 0) is 38.5 Å². The van der Waals surface area contributed by atoms with E-state index in [1.807, 2.05) is 0 Å². The molecule has 1 heterocycles. The van der Waals surface area contributed by atoms with Crippen molar-refractivity contribution in [2.24, 2.45) is 11.8 Å². The Labute approximate surface area is 128 Å². The van der Waals surface area contributed by atoms with E-state index in [4.69, 9.17) is 10.8 Å². The predicted molar refractivity (Wildman–Crippen MR) is 88.4 cm³/mol. The fourth-order valence-corrected chi connectivity index (χ4v) is 2.55. The summed E-state index contributed by atoms with van der Waals surface area (Å²) >= 11 is 0. The molecule has 0 aromatic carbocycles. The van der Waals surface area contributed by atoms with E-state index in [0.29, 0.717) is 12.0 Å². The molecule has 5 nitrogen and oxygen atoms in total. The molecule has 0 atom stereocenters. The molecule has 0 aliphatic heterocycles. The summed E-state index contributed by atoms with van der Waals surface area (Å²) in [5, 5.41) is 0. The molecule has 1 aromatic rings. The van der Waals surface area contributed by atoms with Crippen LogP contribution in [-0.2, 0) is 6.42 Å². The highest BCUT2D eigenvalue weighted by atomic mass is 15.3. The van der Waals surface area contributed by atoms with E-state index in [0.717, 1.165) is 42.4 Å². The van der Waals surface area contributed by atoms with Crippen LogP contribution in [-0.4, -0.2) is 22.6 Å². The average molecular weight is 291 g/mol. The maximum atomic E-state index is 5.64. The van der Waals surface area contributed by atoms with E-state index in [2.05, 4.69) is 43.0 Å². The van der Waals surface area contributed by atoms with Gasteiger partial charge in [-0.2, -0.15) is 0 Å². The van der Waals surface area contributed by atoms with Gasteiger partial charge in [-0.1, -0.05) is 20.8 Å². The number of aromatic nitrogens is 2. The number of hydrogen-bond acceptors (Lipinski definition) is 5. The highest BCUT2D eigenvalue weighted by molar-refractivity contribution is 5.59. The third-order valence-electron chi connectivity index (χ3n) is 3.98. The molecule has 0 unspecified atom stereocenters. The normalized spacial score (nSPS) is 14.6. The van der Waals surface area contributed by atoms with Crippen LogP contribution in [0.4, 0.5) is 11.6 Å². The summed E-state index contributed by atoms with van der Waals surface area (Å²) < 4.78 is 0. The molecule has 0 radical (unpaired) electrons.